The Labute approximate surface area is 120 Å². The van der Waals surface area contributed by atoms with E-state index in [1.54, 1.807) is 0 Å². The topological polar surface area (TPSA) is 80.6 Å². The molecule has 0 aromatic heterocycles. The molecule has 1 amide bonds. The Hall–Kier alpha value is -2.41. The fourth-order valence-corrected chi connectivity index (χ4v) is 2.51. The van der Waals surface area contributed by atoms with E-state index in [2.05, 4.69) is 5.18 Å². The van der Waals surface area contributed by atoms with Crippen LogP contribution in [0.2, 0.25) is 0 Å². The summed E-state index contributed by atoms with van der Waals surface area (Å²) < 4.78 is 36.0. The Kier molecular flexibility index (Phi) is 3.95. The average molecular weight is 307 g/mol. The minimum atomic E-state index is -3.53. The number of benzene rings is 2. The summed E-state index contributed by atoms with van der Waals surface area (Å²) in [6.07, 6.45) is 0.989. The first kappa shape index (κ1) is 15.0. The second-order valence-corrected chi connectivity index (χ2v) is 6.40. The number of halogens is 1. The number of hydrogen-bond acceptors (Lipinski definition) is 4. The second kappa shape index (κ2) is 5.53. The Bertz CT molecular complexity index is 813. The van der Waals surface area contributed by atoms with Crippen molar-refractivity contribution in [3.63, 3.8) is 0 Å². The third-order valence-corrected chi connectivity index (χ3v) is 4.00. The van der Waals surface area contributed by atoms with E-state index in [-0.39, 0.29) is 10.5 Å². The van der Waals surface area contributed by atoms with E-state index in [1.807, 2.05) is 0 Å². The van der Waals surface area contributed by atoms with Gasteiger partial charge in [-0.3, -0.25) is 4.79 Å². The van der Waals surface area contributed by atoms with Crippen molar-refractivity contribution in [3.8, 4) is 11.1 Å². The number of nitroso groups, excluding NO2 is 1. The number of carbonyl (C=O) groups excluding carboxylic acids is 1. The lowest BCUT2D eigenvalue weighted by Gasteiger charge is -2.08. The fraction of sp³-hybridized carbons (Fsp3) is 0.0714. The molecule has 0 saturated heterocycles. The van der Waals surface area contributed by atoms with E-state index >= 15 is 0 Å². The molecule has 2 aromatic carbocycles. The molecule has 0 spiro atoms. The molecular formula is C14H10FNO4S. The van der Waals surface area contributed by atoms with Crippen molar-refractivity contribution in [3.05, 3.63) is 58.8 Å². The summed E-state index contributed by atoms with van der Waals surface area (Å²) >= 11 is 0. The molecule has 21 heavy (non-hydrogen) atoms. The highest BCUT2D eigenvalue weighted by Gasteiger charge is 2.17. The van der Waals surface area contributed by atoms with Gasteiger partial charge in [0.25, 0.3) is 0 Å². The Morgan fingerprint density at radius 2 is 1.71 bits per heavy atom. The molecule has 0 N–H and O–H groups in total. The standard InChI is InChI=1S/C14H10FNO4S/c1-21(19,20)11-6-7-12(13(8-11)14(17)16-18)9-2-4-10(15)5-3-9/h2-8H,1H3. The normalized spacial score (nSPS) is 11.1. The van der Waals surface area contributed by atoms with E-state index < -0.39 is 21.6 Å². The van der Waals surface area contributed by atoms with Crippen molar-refractivity contribution >= 4 is 15.7 Å². The van der Waals surface area contributed by atoms with Crippen LogP contribution in [0.1, 0.15) is 10.4 Å². The first-order chi connectivity index (χ1) is 9.82. The molecule has 0 bridgehead atoms. The van der Waals surface area contributed by atoms with Crippen molar-refractivity contribution in [2.75, 3.05) is 6.26 Å². The lowest BCUT2D eigenvalue weighted by Crippen LogP contribution is -2.03. The third kappa shape index (κ3) is 3.19. The largest absolute Gasteiger partial charge is 0.317 e. The molecule has 0 radical (unpaired) electrons. The predicted octanol–water partition coefficient (Wildman–Crippen LogP) is 2.80. The van der Waals surface area contributed by atoms with Crippen molar-refractivity contribution in [2.45, 2.75) is 4.90 Å². The Morgan fingerprint density at radius 1 is 1.10 bits per heavy atom. The molecule has 2 rings (SSSR count). The minimum Gasteiger partial charge on any atom is -0.263 e. The van der Waals surface area contributed by atoms with Gasteiger partial charge in [0.05, 0.1) is 10.5 Å². The maximum atomic E-state index is 12.9. The number of carbonyl (C=O) groups is 1. The Morgan fingerprint density at radius 3 is 2.24 bits per heavy atom. The SMILES string of the molecule is CS(=O)(=O)c1ccc(-c2ccc(F)cc2)c(C(=O)N=O)c1. The van der Waals surface area contributed by atoms with Gasteiger partial charge in [-0.1, -0.05) is 18.2 Å². The molecule has 0 aliphatic carbocycles. The van der Waals surface area contributed by atoms with Crippen LogP contribution >= 0.6 is 0 Å². The molecule has 0 unspecified atom stereocenters. The maximum absolute atomic E-state index is 12.9. The van der Waals surface area contributed by atoms with Gasteiger partial charge in [0.15, 0.2) is 9.84 Å². The summed E-state index contributed by atoms with van der Waals surface area (Å²) in [5.41, 5.74) is 0.648. The van der Waals surface area contributed by atoms with Crippen molar-refractivity contribution in [2.24, 2.45) is 5.18 Å². The quantitative estimate of drug-likeness (QED) is 0.817. The van der Waals surface area contributed by atoms with Gasteiger partial charge in [-0.05, 0) is 35.4 Å². The maximum Gasteiger partial charge on any atom is 0.317 e. The van der Waals surface area contributed by atoms with Crippen LogP contribution in [-0.2, 0) is 9.84 Å². The molecule has 108 valence electrons. The molecule has 0 atom stereocenters. The van der Waals surface area contributed by atoms with Gasteiger partial charge in [0.2, 0.25) is 0 Å². The van der Waals surface area contributed by atoms with Crippen LogP contribution in [0.4, 0.5) is 4.39 Å². The third-order valence-electron chi connectivity index (χ3n) is 2.89. The van der Waals surface area contributed by atoms with Crippen molar-refractivity contribution in [1.29, 1.82) is 0 Å². The molecule has 2 aromatic rings. The van der Waals surface area contributed by atoms with Gasteiger partial charge < -0.3 is 0 Å². The molecule has 0 aliphatic rings. The van der Waals surface area contributed by atoms with Crippen LogP contribution in [-0.4, -0.2) is 20.6 Å². The summed E-state index contributed by atoms with van der Waals surface area (Å²) in [6, 6.07) is 9.04. The van der Waals surface area contributed by atoms with Crippen LogP contribution < -0.4 is 0 Å². The van der Waals surface area contributed by atoms with Crippen molar-refractivity contribution in [1.82, 2.24) is 0 Å². The monoisotopic (exact) mass is 307 g/mol. The minimum absolute atomic E-state index is 0.0969. The summed E-state index contributed by atoms with van der Waals surface area (Å²) in [4.78, 5) is 22.0. The van der Waals surface area contributed by atoms with Gasteiger partial charge >= 0.3 is 5.91 Å². The highest BCUT2D eigenvalue weighted by Crippen LogP contribution is 2.27. The van der Waals surface area contributed by atoms with E-state index in [0.29, 0.717) is 11.1 Å². The molecule has 0 aliphatic heterocycles. The van der Waals surface area contributed by atoms with Gasteiger partial charge in [-0.15, -0.1) is 4.91 Å². The van der Waals surface area contributed by atoms with Crippen molar-refractivity contribution < 1.29 is 17.6 Å². The van der Waals surface area contributed by atoms with Gasteiger partial charge in [0, 0.05) is 11.4 Å². The predicted molar refractivity (Wildman–Crippen MR) is 75.1 cm³/mol. The van der Waals surface area contributed by atoms with E-state index in [0.717, 1.165) is 12.3 Å². The zero-order valence-electron chi connectivity index (χ0n) is 10.9. The van der Waals surface area contributed by atoms with Gasteiger partial charge in [0.1, 0.15) is 5.82 Å². The Balaban J connectivity index is 2.68. The van der Waals surface area contributed by atoms with Crippen LogP contribution in [0.25, 0.3) is 11.1 Å². The second-order valence-electron chi connectivity index (χ2n) is 4.38. The van der Waals surface area contributed by atoms with E-state index in [4.69, 9.17) is 0 Å². The van der Waals surface area contributed by atoms with Crippen LogP contribution in [0.3, 0.4) is 0 Å². The summed E-state index contributed by atoms with van der Waals surface area (Å²) in [6.45, 7) is 0. The van der Waals surface area contributed by atoms with Crippen LogP contribution in [0.15, 0.2) is 52.5 Å². The number of amides is 1. The molecule has 7 heteroatoms. The summed E-state index contributed by atoms with van der Waals surface area (Å²) in [7, 11) is -3.53. The van der Waals surface area contributed by atoms with E-state index in [9.17, 15) is 22.5 Å². The molecule has 0 saturated carbocycles. The lowest BCUT2D eigenvalue weighted by atomic mass is 9.99. The highest BCUT2D eigenvalue weighted by atomic mass is 32.2. The number of rotatable bonds is 3. The number of hydrogen-bond donors (Lipinski definition) is 0. The molecule has 5 nitrogen and oxygen atoms in total. The van der Waals surface area contributed by atoms with Crippen LogP contribution in [0.5, 0.6) is 0 Å². The fourth-order valence-electron chi connectivity index (χ4n) is 1.86. The van der Waals surface area contributed by atoms with Crippen LogP contribution in [0, 0.1) is 10.7 Å². The number of sulfone groups is 1. The molecule has 0 heterocycles. The zero-order valence-corrected chi connectivity index (χ0v) is 11.7. The van der Waals surface area contributed by atoms with Gasteiger partial charge in [-0.25, -0.2) is 12.8 Å². The first-order valence-electron chi connectivity index (χ1n) is 5.80. The van der Waals surface area contributed by atoms with E-state index in [1.165, 1.54) is 36.4 Å². The zero-order chi connectivity index (χ0) is 15.6. The van der Waals surface area contributed by atoms with Gasteiger partial charge in [-0.2, -0.15) is 0 Å². The smallest absolute Gasteiger partial charge is 0.263 e. The summed E-state index contributed by atoms with van der Waals surface area (Å²) in [5.74, 6) is -1.53. The lowest BCUT2D eigenvalue weighted by molar-refractivity contribution is 0.100. The average Bonchev–Trinajstić information content (AvgIpc) is 2.46. The summed E-state index contributed by atoms with van der Waals surface area (Å²) in [5, 5.41) is 2.33. The molecular weight excluding hydrogens is 297 g/mol. The first-order valence-corrected chi connectivity index (χ1v) is 7.70. The number of nitrogens with zero attached hydrogens (tertiary/aromatic N) is 1. The highest BCUT2D eigenvalue weighted by molar-refractivity contribution is 7.90. The molecule has 0 fully saturated rings.